The van der Waals surface area contributed by atoms with Crippen molar-refractivity contribution in [3.63, 3.8) is 0 Å². The quantitative estimate of drug-likeness (QED) is 0.610. The lowest BCUT2D eigenvalue weighted by atomic mass is 9.97. The Labute approximate surface area is 146 Å². The van der Waals surface area contributed by atoms with Gasteiger partial charge in [-0.25, -0.2) is 9.97 Å². The fraction of sp³-hybridized carbons (Fsp3) is 0.667. The monoisotopic (exact) mass is 359 g/mol. The van der Waals surface area contributed by atoms with Gasteiger partial charge in [0.15, 0.2) is 0 Å². The second-order valence-corrected chi connectivity index (χ2v) is 7.47. The van der Waals surface area contributed by atoms with Gasteiger partial charge in [0.25, 0.3) is 0 Å². The van der Waals surface area contributed by atoms with E-state index >= 15 is 0 Å². The minimum atomic E-state index is -1.11. The molecule has 0 aromatic carbocycles. The van der Waals surface area contributed by atoms with E-state index in [0.717, 1.165) is 31.5 Å². The Kier molecular flexibility index (Phi) is 5.70. The normalized spacial score (nSPS) is 17.3. The third-order valence-corrected chi connectivity index (χ3v) is 4.53. The summed E-state index contributed by atoms with van der Waals surface area (Å²) in [4.78, 5) is 23.0. The maximum Gasteiger partial charge on any atom is 0.223 e. The van der Waals surface area contributed by atoms with E-state index in [2.05, 4.69) is 14.9 Å². The lowest BCUT2D eigenvalue weighted by Gasteiger charge is -2.46. The number of hydrogen-bond acceptors (Lipinski definition) is 5. The van der Waals surface area contributed by atoms with Crippen LogP contribution in [0.15, 0.2) is 6.20 Å². The summed E-state index contributed by atoms with van der Waals surface area (Å²) in [7, 11) is 0. The Morgan fingerprint density at radius 2 is 2.00 bits per heavy atom. The van der Waals surface area contributed by atoms with Gasteiger partial charge in [0.05, 0.1) is 0 Å². The van der Waals surface area contributed by atoms with Crippen molar-refractivity contribution >= 4 is 29.3 Å². The first kappa shape index (κ1) is 18.2. The average Bonchev–Trinajstić information content (AvgIpc) is 2.42. The zero-order chi connectivity index (χ0) is 17.2. The van der Waals surface area contributed by atoms with Crippen LogP contribution in [0.1, 0.15) is 39.2 Å². The van der Waals surface area contributed by atoms with Crippen LogP contribution in [0.5, 0.6) is 0 Å². The standard InChI is InChI=1S/C15H22Cl2N4O2/c1-15(2,3)21(14(22)23)11-4-6-20(7-5-11)9-10-8-18-13(17)19-12(10)16/h8,11H,4-7,9H2,1-3H3,(H,22,23)/p-1. The zero-order valence-corrected chi connectivity index (χ0v) is 15.1. The number of piperidine rings is 1. The molecule has 0 atom stereocenters. The minimum absolute atomic E-state index is 0.0202. The summed E-state index contributed by atoms with van der Waals surface area (Å²) in [6, 6.07) is -0.0202. The van der Waals surface area contributed by atoms with Gasteiger partial charge in [-0.3, -0.25) is 4.90 Å². The van der Waals surface area contributed by atoms with Crippen molar-refractivity contribution in [2.45, 2.75) is 51.7 Å². The molecule has 1 aliphatic heterocycles. The molecule has 0 radical (unpaired) electrons. The van der Waals surface area contributed by atoms with Crippen LogP contribution >= 0.6 is 23.2 Å². The summed E-state index contributed by atoms with van der Waals surface area (Å²) in [5.41, 5.74) is 0.362. The third kappa shape index (κ3) is 4.68. The largest absolute Gasteiger partial charge is 0.530 e. The number of aromatic nitrogens is 2. The van der Waals surface area contributed by atoms with Gasteiger partial charge in [0, 0.05) is 43.0 Å². The molecule has 1 aromatic rings. The molecular weight excluding hydrogens is 339 g/mol. The van der Waals surface area contributed by atoms with E-state index in [9.17, 15) is 9.90 Å². The van der Waals surface area contributed by atoms with Crippen molar-refractivity contribution in [3.8, 4) is 0 Å². The summed E-state index contributed by atoms with van der Waals surface area (Å²) in [6.45, 7) is 7.86. The van der Waals surface area contributed by atoms with Gasteiger partial charge in [-0.1, -0.05) is 11.6 Å². The molecule has 0 unspecified atom stereocenters. The van der Waals surface area contributed by atoms with Gasteiger partial charge in [0.2, 0.25) is 5.28 Å². The first-order chi connectivity index (χ1) is 10.7. The fourth-order valence-corrected chi connectivity index (χ4v) is 3.38. The highest BCUT2D eigenvalue weighted by atomic mass is 35.5. The van der Waals surface area contributed by atoms with E-state index in [1.165, 1.54) is 4.90 Å². The van der Waals surface area contributed by atoms with E-state index in [1.807, 2.05) is 20.8 Å². The Balaban J connectivity index is 1.97. The predicted molar refractivity (Wildman–Crippen MR) is 87.3 cm³/mol. The third-order valence-electron chi connectivity index (χ3n) is 4.02. The molecule has 23 heavy (non-hydrogen) atoms. The lowest BCUT2D eigenvalue weighted by molar-refractivity contribution is -0.274. The highest BCUT2D eigenvalue weighted by Crippen LogP contribution is 2.25. The number of rotatable bonds is 3. The molecule has 2 rings (SSSR count). The van der Waals surface area contributed by atoms with Gasteiger partial charge in [-0.05, 0) is 45.2 Å². The van der Waals surface area contributed by atoms with E-state index in [0.29, 0.717) is 11.7 Å². The van der Waals surface area contributed by atoms with Gasteiger partial charge in [-0.2, -0.15) is 0 Å². The summed E-state index contributed by atoms with van der Waals surface area (Å²) in [5, 5.41) is 11.9. The first-order valence-electron chi connectivity index (χ1n) is 7.58. The van der Waals surface area contributed by atoms with Gasteiger partial charge < -0.3 is 14.8 Å². The van der Waals surface area contributed by atoms with Crippen molar-refractivity contribution in [3.05, 3.63) is 22.2 Å². The maximum absolute atomic E-state index is 11.4. The van der Waals surface area contributed by atoms with Crippen molar-refractivity contribution in [1.82, 2.24) is 19.8 Å². The van der Waals surface area contributed by atoms with E-state index < -0.39 is 11.6 Å². The van der Waals surface area contributed by atoms with Crippen LogP contribution in [0.2, 0.25) is 10.4 Å². The first-order valence-corrected chi connectivity index (χ1v) is 8.33. The maximum atomic E-state index is 11.4. The summed E-state index contributed by atoms with van der Waals surface area (Å²) in [6.07, 6.45) is 2.05. The van der Waals surface area contributed by atoms with Crippen LogP contribution in [-0.2, 0) is 6.54 Å². The van der Waals surface area contributed by atoms with Crippen LogP contribution < -0.4 is 5.11 Å². The summed E-state index contributed by atoms with van der Waals surface area (Å²) in [5.74, 6) is 0. The Bertz CT molecular complexity index is 569. The van der Waals surface area contributed by atoms with Crippen molar-refractivity contribution in [1.29, 1.82) is 0 Å². The average molecular weight is 360 g/mol. The zero-order valence-electron chi connectivity index (χ0n) is 13.6. The summed E-state index contributed by atoms with van der Waals surface area (Å²) >= 11 is 11.8. The van der Waals surface area contributed by atoms with E-state index in [1.54, 1.807) is 6.20 Å². The topological polar surface area (TPSA) is 72.4 Å². The van der Waals surface area contributed by atoms with Gasteiger partial charge in [-0.15, -0.1) is 0 Å². The molecule has 0 bridgehead atoms. The van der Waals surface area contributed by atoms with Crippen molar-refractivity contribution in [2.24, 2.45) is 0 Å². The highest BCUT2D eigenvalue weighted by Gasteiger charge is 2.31. The number of nitrogens with zero attached hydrogens (tertiary/aromatic N) is 4. The lowest BCUT2D eigenvalue weighted by Crippen LogP contribution is -2.58. The second kappa shape index (κ2) is 7.20. The predicted octanol–water partition coefficient (Wildman–Crippen LogP) is 2.19. The highest BCUT2D eigenvalue weighted by molar-refractivity contribution is 6.32. The van der Waals surface area contributed by atoms with Crippen molar-refractivity contribution < 1.29 is 9.90 Å². The number of amides is 1. The fourth-order valence-electron chi connectivity index (χ4n) is 3.02. The Hall–Kier alpha value is -1.11. The molecule has 0 aliphatic carbocycles. The molecule has 128 valence electrons. The molecule has 2 heterocycles. The molecule has 1 aliphatic rings. The molecule has 6 nitrogen and oxygen atoms in total. The van der Waals surface area contributed by atoms with Crippen LogP contribution in [0.3, 0.4) is 0 Å². The van der Waals surface area contributed by atoms with E-state index in [4.69, 9.17) is 23.2 Å². The Morgan fingerprint density at radius 1 is 1.39 bits per heavy atom. The number of carbonyl (C=O) groups excluding carboxylic acids is 1. The molecular formula is C15H21Cl2N4O2-. The van der Waals surface area contributed by atoms with Gasteiger partial charge in [0.1, 0.15) is 11.2 Å². The van der Waals surface area contributed by atoms with Crippen molar-refractivity contribution in [2.75, 3.05) is 13.1 Å². The van der Waals surface area contributed by atoms with Crippen LogP contribution in [0.4, 0.5) is 4.79 Å². The molecule has 1 amide bonds. The van der Waals surface area contributed by atoms with Gasteiger partial charge >= 0.3 is 0 Å². The Morgan fingerprint density at radius 3 is 2.48 bits per heavy atom. The molecule has 1 fully saturated rings. The smallest absolute Gasteiger partial charge is 0.223 e. The molecule has 1 saturated heterocycles. The molecule has 0 N–H and O–H groups in total. The SMILES string of the molecule is CC(C)(C)N(C(=O)[O-])C1CCN(Cc2cnc(Cl)nc2Cl)CC1. The molecule has 8 heteroatoms. The minimum Gasteiger partial charge on any atom is -0.530 e. The second-order valence-electron chi connectivity index (χ2n) is 6.77. The number of hydrogen-bond donors (Lipinski definition) is 0. The van der Waals surface area contributed by atoms with Crippen LogP contribution in [0, 0.1) is 0 Å². The van der Waals surface area contributed by atoms with E-state index in [-0.39, 0.29) is 11.3 Å². The number of halogens is 2. The molecule has 0 saturated carbocycles. The number of carboxylic acid groups (broad SMARTS) is 1. The van der Waals surface area contributed by atoms with Crippen LogP contribution in [-0.4, -0.2) is 50.5 Å². The van der Waals surface area contributed by atoms with Crippen LogP contribution in [0.25, 0.3) is 0 Å². The molecule has 0 spiro atoms. The number of likely N-dealkylation sites (tertiary alicyclic amines) is 1. The molecule has 1 aromatic heterocycles. The summed E-state index contributed by atoms with van der Waals surface area (Å²) < 4.78 is 0. The number of carbonyl (C=O) groups is 1.